The van der Waals surface area contributed by atoms with Gasteiger partial charge in [0.2, 0.25) is 0 Å². The molecule has 0 radical (unpaired) electrons. The number of nitrogens with zero attached hydrogens (tertiary/aromatic N) is 1. The Bertz CT molecular complexity index is 511. The summed E-state index contributed by atoms with van der Waals surface area (Å²) in [5.41, 5.74) is -2.34. The van der Waals surface area contributed by atoms with Crippen molar-refractivity contribution in [3.05, 3.63) is 35.4 Å². The Morgan fingerprint density at radius 1 is 1.35 bits per heavy atom. The second-order valence-electron chi connectivity index (χ2n) is 5.37. The van der Waals surface area contributed by atoms with Crippen molar-refractivity contribution in [3.63, 3.8) is 0 Å². The number of rotatable bonds is 1. The van der Waals surface area contributed by atoms with E-state index in [0.717, 1.165) is 6.07 Å². The summed E-state index contributed by atoms with van der Waals surface area (Å²) in [6.07, 6.45) is -3.45. The second-order valence-corrected chi connectivity index (χ2v) is 5.37. The Hall–Kier alpha value is -1.56. The van der Waals surface area contributed by atoms with E-state index in [0.29, 0.717) is 19.4 Å². The first-order valence-corrected chi connectivity index (χ1v) is 6.39. The van der Waals surface area contributed by atoms with E-state index in [1.54, 1.807) is 6.92 Å². The highest BCUT2D eigenvalue weighted by Crippen LogP contribution is 2.33. The molecule has 1 aliphatic rings. The average molecular weight is 287 g/mol. The van der Waals surface area contributed by atoms with Crippen LogP contribution in [0.5, 0.6) is 0 Å². The third-order valence-electron chi connectivity index (χ3n) is 3.42. The lowest BCUT2D eigenvalue weighted by Crippen LogP contribution is -2.48. The van der Waals surface area contributed by atoms with Gasteiger partial charge in [0.25, 0.3) is 5.91 Å². The largest absolute Gasteiger partial charge is 0.417 e. The number of likely N-dealkylation sites (tertiary alicyclic amines) is 1. The molecule has 0 bridgehead atoms. The van der Waals surface area contributed by atoms with Crippen LogP contribution in [0.1, 0.15) is 35.7 Å². The fourth-order valence-corrected chi connectivity index (χ4v) is 2.48. The molecule has 1 saturated heterocycles. The summed E-state index contributed by atoms with van der Waals surface area (Å²) >= 11 is 0. The van der Waals surface area contributed by atoms with Gasteiger partial charge in [-0.2, -0.15) is 13.2 Å². The summed E-state index contributed by atoms with van der Waals surface area (Å²) in [4.78, 5) is 13.6. The number of hydrogen-bond acceptors (Lipinski definition) is 2. The van der Waals surface area contributed by atoms with E-state index in [2.05, 4.69) is 0 Å². The number of halogens is 3. The lowest BCUT2D eigenvalue weighted by molar-refractivity contribution is -0.138. The summed E-state index contributed by atoms with van der Waals surface area (Å²) in [6, 6.07) is 4.74. The van der Waals surface area contributed by atoms with Crippen LogP contribution in [0.25, 0.3) is 0 Å². The maximum Gasteiger partial charge on any atom is 0.417 e. The number of benzene rings is 1. The number of aliphatic hydroxyl groups is 1. The van der Waals surface area contributed by atoms with E-state index >= 15 is 0 Å². The number of alkyl halides is 3. The lowest BCUT2D eigenvalue weighted by Gasteiger charge is -2.37. The molecule has 20 heavy (non-hydrogen) atoms. The quantitative estimate of drug-likeness (QED) is 0.862. The van der Waals surface area contributed by atoms with E-state index in [1.807, 2.05) is 0 Å². The van der Waals surface area contributed by atoms with Gasteiger partial charge < -0.3 is 10.0 Å². The first-order chi connectivity index (χ1) is 9.21. The molecule has 0 aliphatic carbocycles. The fraction of sp³-hybridized carbons (Fsp3) is 0.500. The van der Waals surface area contributed by atoms with E-state index < -0.39 is 23.2 Å². The van der Waals surface area contributed by atoms with Crippen molar-refractivity contribution in [2.45, 2.75) is 31.5 Å². The molecule has 1 aromatic rings. The molecule has 3 nitrogen and oxygen atoms in total. The van der Waals surface area contributed by atoms with Gasteiger partial charge in [-0.15, -0.1) is 0 Å². The van der Waals surface area contributed by atoms with E-state index in [4.69, 9.17) is 0 Å². The molecule has 1 atom stereocenters. The van der Waals surface area contributed by atoms with Crippen molar-refractivity contribution in [1.82, 2.24) is 4.90 Å². The van der Waals surface area contributed by atoms with Crippen LogP contribution < -0.4 is 0 Å². The molecular formula is C14H16F3NO2. The number of carbonyl (C=O) groups is 1. The Balaban J connectivity index is 2.30. The maximum absolute atomic E-state index is 12.9. The molecule has 110 valence electrons. The minimum absolute atomic E-state index is 0.0536. The van der Waals surface area contributed by atoms with Crippen LogP contribution in [0.4, 0.5) is 13.2 Å². The number of β-amino-alcohol motifs (C(OH)–C–C–N with tert-alkyl or cyclic N) is 1. The van der Waals surface area contributed by atoms with Gasteiger partial charge in [-0.25, -0.2) is 0 Å². The molecule has 2 rings (SSSR count). The van der Waals surface area contributed by atoms with Gasteiger partial charge >= 0.3 is 6.18 Å². The van der Waals surface area contributed by atoms with Crippen LogP contribution in [-0.2, 0) is 6.18 Å². The van der Waals surface area contributed by atoms with Crippen LogP contribution >= 0.6 is 0 Å². The maximum atomic E-state index is 12.9. The molecule has 1 aliphatic heterocycles. The number of hydrogen-bond donors (Lipinski definition) is 1. The zero-order chi connectivity index (χ0) is 15.0. The zero-order valence-electron chi connectivity index (χ0n) is 11.1. The molecule has 0 aromatic heterocycles. The number of carbonyl (C=O) groups excluding carboxylic acids is 1. The molecule has 0 spiro atoms. The van der Waals surface area contributed by atoms with Gasteiger partial charge in [-0.05, 0) is 31.9 Å². The van der Waals surface area contributed by atoms with E-state index in [-0.39, 0.29) is 12.1 Å². The van der Waals surface area contributed by atoms with Crippen LogP contribution in [0, 0.1) is 0 Å². The Morgan fingerprint density at radius 3 is 2.60 bits per heavy atom. The summed E-state index contributed by atoms with van der Waals surface area (Å²) in [7, 11) is 0. The third kappa shape index (κ3) is 3.12. The van der Waals surface area contributed by atoms with Crippen molar-refractivity contribution in [2.75, 3.05) is 13.1 Å². The predicted molar refractivity (Wildman–Crippen MR) is 67.2 cm³/mol. The monoisotopic (exact) mass is 287 g/mol. The fourth-order valence-electron chi connectivity index (χ4n) is 2.48. The lowest BCUT2D eigenvalue weighted by atomic mass is 9.94. The molecule has 1 aromatic carbocycles. The average Bonchev–Trinajstić information content (AvgIpc) is 2.35. The van der Waals surface area contributed by atoms with Gasteiger partial charge in [-0.3, -0.25) is 4.79 Å². The highest BCUT2D eigenvalue weighted by Gasteiger charge is 2.37. The highest BCUT2D eigenvalue weighted by molar-refractivity contribution is 5.96. The first kappa shape index (κ1) is 14.8. The van der Waals surface area contributed by atoms with Crippen LogP contribution in [0.15, 0.2) is 24.3 Å². The number of amides is 1. The third-order valence-corrected chi connectivity index (χ3v) is 3.42. The normalized spacial score (nSPS) is 23.8. The highest BCUT2D eigenvalue weighted by atomic mass is 19.4. The van der Waals surface area contributed by atoms with Crippen LogP contribution in [-0.4, -0.2) is 34.6 Å². The van der Waals surface area contributed by atoms with E-state index in [1.165, 1.54) is 23.1 Å². The zero-order valence-corrected chi connectivity index (χ0v) is 11.1. The molecule has 0 saturated carbocycles. The SMILES string of the molecule is CC1(O)CCCN(C(=O)c2ccccc2C(F)(F)F)C1. The summed E-state index contributed by atoms with van der Waals surface area (Å²) < 4.78 is 38.7. The molecule has 6 heteroatoms. The minimum Gasteiger partial charge on any atom is -0.388 e. The van der Waals surface area contributed by atoms with Gasteiger partial charge in [0.05, 0.1) is 16.7 Å². The van der Waals surface area contributed by atoms with Crippen LogP contribution in [0.3, 0.4) is 0 Å². The topological polar surface area (TPSA) is 40.5 Å². The standard InChI is InChI=1S/C14H16F3NO2/c1-13(20)7-4-8-18(9-13)12(19)10-5-2-3-6-11(10)14(15,16)17/h2-3,5-6,20H,4,7-9H2,1H3. The molecule has 1 heterocycles. The molecule has 1 unspecified atom stereocenters. The Kier molecular flexibility index (Phi) is 3.77. The minimum atomic E-state index is -4.56. The van der Waals surface area contributed by atoms with Crippen molar-refractivity contribution >= 4 is 5.91 Å². The first-order valence-electron chi connectivity index (χ1n) is 6.39. The van der Waals surface area contributed by atoms with Crippen molar-refractivity contribution in [3.8, 4) is 0 Å². The molecule has 1 N–H and O–H groups in total. The van der Waals surface area contributed by atoms with Gasteiger partial charge in [0, 0.05) is 13.1 Å². The van der Waals surface area contributed by atoms with Gasteiger partial charge in [0.15, 0.2) is 0 Å². The Labute approximate surface area is 115 Å². The molecule has 1 fully saturated rings. The number of piperidine rings is 1. The van der Waals surface area contributed by atoms with Crippen molar-refractivity contribution in [2.24, 2.45) is 0 Å². The van der Waals surface area contributed by atoms with Crippen LogP contribution in [0.2, 0.25) is 0 Å². The molecular weight excluding hydrogens is 271 g/mol. The van der Waals surface area contributed by atoms with E-state index in [9.17, 15) is 23.1 Å². The van der Waals surface area contributed by atoms with Gasteiger partial charge in [0.1, 0.15) is 0 Å². The van der Waals surface area contributed by atoms with Crippen molar-refractivity contribution < 1.29 is 23.1 Å². The van der Waals surface area contributed by atoms with Crippen molar-refractivity contribution in [1.29, 1.82) is 0 Å². The predicted octanol–water partition coefficient (Wildman–Crippen LogP) is 2.69. The second kappa shape index (κ2) is 5.09. The molecule has 1 amide bonds. The smallest absolute Gasteiger partial charge is 0.388 e. The Morgan fingerprint density at radius 2 is 2.00 bits per heavy atom. The summed E-state index contributed by atoms with van der Waals surface area (Å²) in [6.45, 7) is 2.00. The summed E-state index contributed by atoms with van der Waals surface area (Å²) in [5.74, 6) is -0.682. The van der Waals surface area contributed by atoms with Gasteiger partial charge in [-0.1, -0.05) is 12.1 Å². The summed E-state index contributed by atoms with van der Waals surface area (Å²) in [5, 5.41) is 9.95.